The molecule has 0 saturated carbocycles. The molecule has 2 aromatic carbocycles. The van der Waals surface area contributed by atoms with Crippen LogP contribution in [0.4, 0.5) is 0 Å². The van der Waals surface area contributed by atoms with E-state index in [4.69, 9.17) is 10.00 Å². The lowest BCUT2D eigenvalue weighted by atomic mass is 10.1. The van der Waals surface area contributed by atoms with Gasteiger partial charge in [-0.3, -0.25) is 4.79 Å². The summed E-state index contributed by atoms with van der Waals surface area (Å²) in [5, 5.41) is 9.29. The van der Waals surface area contributed by atoms with Crippen molar-refractivity contribution in [2.45, 2.75) is 11.8 Å². The molecule has 0 unspecified atom stereocenters. The van der Waals surface area contributed by atoms with Crippen LogP contribution in [0.5, 0.6) is 5.75 Å². The number of rotatable bonds is 5. The van der Waals surface area contributed by atoms with Gasteiger partial charge in [-0.15, -0.1) is 0 Å². The van der Waals surface area contributed by atoms with Gasteiger partial charge in [-0.25, -0.2) is 13.1 Å². The Morgan fingerprint density at radius 3 is 2.60 bits per heavy atom. The molecule has 2 aromatic heterocycles. The van der Waals surface area contributed by atoms with Gasteiger partial charge in [0.1, 0.15) is 11.8 Å². The van der Waals surface area contributed by atoms with E-state index in [-0.39, 0.29) is 17.1 Å². The van der Waals surface area contributed by atoms with Crippen LogP contribution in [0.25, 0.3) is 16.4 Å². The number of fused-ring (bicyclic) bond motifs is 3. The Kier molecular flexibility index (Phi) is 4.90. The first kappa shape index (κ1) is 19.5. The highest BCUT2D eigenvalue weighted by molar-refractivity contribution is 7.90. The second-order valence-corrected chi connectivity index (χ2v) is 8.39. The molecule has 0 aliphatic carbocycles. The molecule has 0 spiro atoms. The van der Waals surface area contributed by atoms with Crippen LogP contribution in [0, 0.1) is 18.3 Å². The molecule has 8 heteroatoms. The molecule has 0 saturated heterocycles. The lowest BCUT2D eigenvalue weighted by Gasteiger charge is -2.07. The monoisotopic (exact) mass is 419 g/mol. The van der Waals surface area contributed by atoms with Crippen LogP contribution in [0.3, 0.4) is 0 Å². The minimum absolute atomic E-state index is 0.0152. The number of sulfonamides is 1. The molecular weight excluding hydrogens is 402 g/mol. The SMILES string of the molecule is Cc1ccc(S(=O)(=O)NC(=O)c2c3ccc(OCC#N)cc3n3ccccc23)cc1. The number of aromatic nitrogens is 1. The van der Waals surface area contributed by atoms with Gasteiger partial charge >= 0.3 is 0 Å². The average molecular weight is 419 g/mol. The summed E-state index contributed by atoms with van der Waals surface area (Å²) < 4.78 is 34.7. The van der Waals surface area contributed by atoms with Gasteiger partial charge in [0.05, 0.1) is 21.5 Å². The summed E-state index contributed by atoms with van der Waals surface area (Å²) in [5.41, 5.74) is 2.38. The summed E-state index contributed by atoms with van der Waals surface area (Å²) in [6.07, 6.45) is 1.77. The van der Waals surface area contributed by atoms with E-state index in [9.17, 15) is 13.2 Å². The number of aryl methyl sites for hydroxylation is 1. The lowest BCUT2D eigenvalue weighted by molar-refractivity contribution is 0.0984. The number of amides is 1. The van der Waals surface area contributed by atoms with Crippen molar-refractivity contribution in [3.05, 3.63) is 78.0 Å². The van der Waals surface area contributed by atoms with Crippen LogP contribution < -0.4 is 9.46 Å². The zero-order chi connectivity index (χ0) is 21.3. The maximum Gasteiger partial charge on any atom is 0.267 e. The molecule has 0 radical (unpaired) electrons. The molecule has 1 N–H and O–H groups in total. The van der Waals surface area contributed by atoms with Gasteiger partial charge in [-0.05, 0) is 43.3 Å². The number of ether oxygens (including phenoxy) is 1. The fourth-order valence-corrected chi connectivity index (χ4v) is 4.27. The smallest absolute Gasteiger partial charge is 0.267 e. The van der Waals surface area contributed by atoms with Crippen molar-refractivity contribution in [1.82, 2.24) is 9.12 Å². The van der Waals surface area contributed by atoms with Crippen LogP contribution in [0.1, 0.15) is 15.9 Å². The summed E-state index contributed by atoms with van der Waals surface area (Å²) in [6.45, 7) is 1.75. The topological polar surface area (TPSA) is 101 Å². The van der Waals surface area contributed by atoms with E-state index in [1.807, 2.05) is 13.0 Å². The highest BCUT2D eigenvalue weighted by Gasteiger charge is 2.24. The van der Waals surface area contributed by atoms with E-state index < -0.39 is 15.9 Å². The first-order valence-electron chi connectivity index (χ1n) is 9.07. The van der Waals surface area contributed by atoms with Crippen molar-refractivity contribution in [3.63, 3.8) is 0 Å². The lowest BCUT2D eigenvalue weighted by Crippen LogP contribution is -2.30. The largest absolute Gasteiger partial charge is 0.479 e. The van der Waals surface area contributed by atoms with Crippen molar-refractivity contribution in [3.8, 4) is 11.8 Å². The summed E-state index contributed by atoms with van der Waals surface area (Å²) in [6, 6.07) is 18.5. The summed E-state index contributed by atoms with van der Waals surface area (Å²) in [5.74, 6) is -0.244. The molecule has 1 amide bonds. The van der Waals surface area contributed by atoms with Crippen molar-refractivity contribution >= 4 is 32.4 Å². The number of carbonyl (C=O) groups is 1. The number of nitrogens with one attached hydrogen (secondary N) is 1. The van der Waals surface area contributed by atoms with Crippen molar-refractivity contribution < 1.29 is 17.9 Å². The van der Waals surface area contributed by atoms with Crippen LogP contribution in [-0.4, -0.2) is 25.3 Å². The Hall–Kier alpha value is -3.83. The van der Waals surface area contributed by atoms with Crippen molar-refractivity contribution in [2.24, 2.45) is 0 Å². The van der Waals surface area contributed by atoms with Gasteiger partial charge in [0, 0.05) is 17.6 Å². The molecule has 4 rings (SSSR count). The minimum atomic E-state index is -4.03. The minimum Gasteiger partial charge on any atom is -0.479 e. The molecule has 0 aliphatic rings. The van der Waals surface area contributed by atoms with Crippen LogP contribution in [0.15, 0.2) is 71.8 Å². The van der Waals surface area contributed by atoms with Gasteiger partial charge in [0.25, 0.3) is 15.9 Å². The Morgan fingerprint density at radius 2 is 1.87 bits per heavy atom. The summed E-state index contributed by atoms with van der Waals surface area (Å²) in [4.78, 5) is 13.1. The molecule has 2 heterocycles. The quantitative estimate of drug-likeness (QED) is 0.534. The van der Waals surface area contributed by atoms with E-state index in [1.165, 1.54) is 12.1 Å². The molecular formula is C22H17N3O4S. The normalized spacial score (nSPS) is 11.3. The molecule has 30 heavy (non-hydrogen) atoms. The van der Waals surface area contributed by atoms with Crippen molar-refractivity contribution in [2.75, 3.05) is 6.61 Å². The molecule has 4 aromatic rings. The van der Waals surface area contributed by atoms with Crippen LogP contribution >= 0.6 is 0 Å². The zero-order valence-corrected chi connectivity index (χ0v) is 16.8. The predicted octanol–water partition coefficient (Wildman–Crippen LogP) is 3.42. The number of hydrogen-bond donors (Lipinski definition) is 1. The van der Waals surface area contributed by atoms with Crippen LogP contribution in [0.2, 0.25) is 0 Å². The van der Waals surface area contributed by atoms with E-state index in [2.05, 4.69) is 4.72 Å². The standard InChI is InChI=1S/C22H17N3O4S/c1-15-5-8-17(9-6-15)30(27,28)24-22(26)21-18-10-7-16(29-13-11-23)14-20(18)25-12-3-2-4-19(21)25/h2-10,12,14H,13H2,1H3,(H,24,26). The third-order valence-corrected chi connectivity index (χ3v) is 6.05. The van der Waals surface area contributed by atoms with Gasteiger partial charge in [-0.2, -0.15) is 5.26 Å². The van der Waals surface area contributed by atoms with Crippen LogP contribution in [-0.2, 0) is 10.0 Å². The Bertz CT molecular complexity index is 1410. The number of nitriles is 1. The number of benzene rings is 2. The number of carbonyl (C=O) groups excluding carboxylic acids is 1. The molecule has 0 bridgehead atoms. The Morgan fingerprint density at radius 1 is 1.10 bits per heavy atom. The van der Waals surface area contributed by atoms with Gasteiger partial charge in [-0.1, -0.05) is 23.8 Å². The molecule has 150 valence electrons. The fraction of sp³-hybridized carbons (Fsp3) is 0.0909. The molecule has 0 atom stereocenters. The molecule has 0 aliphatic heterocycles. The van der Waals surface area contributed by atoms with Crippen molar-refractivity contribution in [1.29, 1.82) is 5.26 Å². The second kappa shape index (κ2) is 7.54. The number of hydrogen-bond acceptors (Lipinski definition) is 5. The first-order valence-corrected chi connectivity index (χ1v) is 10.6. The Balaban J connectivity index is 1.80. The van der Waals surface area contributed by atoms with E-state index >= 15 is 0 Å². The summed E-state index contributed by atoms with van der Waals surface area (Å²) >= 11 is 0. The van der Waals surface area contributed by atoms with Gasteiger partial charge in [0.2, 0.25) is 0 Å². The third-order valence-electron chi connectivity index (χ3n) is 4.70. The van der Waals surface area contributed by atoms with Gasteiger partial charge in [0.15, 0.2) is 6.61 Å². The Labute approximate surface area is 173 Å². The fourth-order valence-electron chi connectivity index (χ4n) is 3.31. The third kappa shape index (κ3) is 3.47. The molecule has 7 nitrogen and oxygen atoms in total. The van der Waals surface area contributed by atoms with Gasteiger partial charge < -0.3 is 9.14 Å². The zero-order valence-electron chi connectivity index (χ0n) is 16.0. The highest BCUT2D eigenvalue weighted by Crippen LogP contribution is 2.30. The number of nitrogens with zero attached hydrogens (tertiary/aromatic N) is 2. The number of pyridine rings is 1. The first-order chi connectivity index (χ1) is 14.4. The predicted molar refractivity (Wildman–Crippen MR) is 112 cm³/mol. The maximum absolute atomic E-state index is 13.1. The average Bonchev–Trinajstić information content (AvgIpc) is 3.06. The highest BCUT2D eigenvalue weighted by atomic mass is 32.2. The maximum atomic E-state index is 13.1. The van der Waals surface area contributed by atoms with E-state index in [0.717, 1.165) is 5.56 Å². The molecule has 0 fully saturated rings. The van der Waals surface area contributed by atoms with E-state index in [0.29, 0.717) is 22.2 Å². The van der Waals surface area contributed by atoms with E-state index in [1.54, 1.807) is 59.1 Å². The summed E-state index contributed by atoms with van der Waals surface area (Å²) in [7, 11) is -4.03. The second-order valence-electron chi connectivity index (χ2n) is 6.70.